The topological polar surface area (TPSA) is 32.8 Å². The third-order valence-corrected chi connectivity index (χ3v) is 4.96. The lowest BCUT2D eigenvalue weighted by Crippen LogP contribution is -2.55. The van der Waals surface area contributed by atoms with Gasteiger partial charge >= 0.3 is 6.09 Å². The first-order chi connectivity index (χ1) is 10.8. The highest BCUT2D eigenvalue weighted by atomic mass is 35.5. The number of halogens is 1. The Morgan fingerprint density at radius 3 is 2.39 bits per heavy atom. The van der Waals surface area contributed by atoms with E-state index in [4.69, 9.17) is 16.3 Å². The van der Waals surface area contributed by atoms with Crippen molar-refractivity contribution in [2.45, 2.75) is 57.8 Å². The van der Waals surface area contributed by atoms with Gasteiger partial charge in [-0.3, -0.25) is 4.90 Å². The van der Waals surface area contributed by atoms with E-state index in [1.165, 1.54) is 0 Å². The maximum absolute atomic E-state index is 12.3. The van der Waals surface area contributed by atoms with E-state index in [0.29, 0.717) is 12.1 Å². The van der Waals surface area contributed by atoms with Crippen LogP contribution in [0.15, 0.2) is 24.3 Å². The van der Waals surface area contributed by atoms with E-state index in [-0.39, 0.29) is 6.09 Å². The summed E-state index contributed by atoms with van der Waals surface area (Å²) in [6, 6.07) is 8.81. The summed E-state index contributed by atoms with van der Waals surface area (Å²) >= 11 is 6.30. The molecule has 2 aliphatic heterocycles. The average Bonchev–Trinajstić information content (AvgIpc) is 2.69. The highest BCUT2D eigenvalue weighted by Gasteiger charge is 2.42. The molecule has 2 atom stereocenters. The third kappa shape index (κ3) is 3.81. The molecule has 2 bridgehead atoms. The SMILES string of the molecule is CC(C)(C)OC(=O)N1CC2CCC(C1)N2Cc1ccccc1Cl. The Morgan fingerprint density at radius 1 is 1.22 bits per heavy atom. The second kappa shape index (κ2) is 6.33. The molecule has 0 aliphatic carbocycles. The van der Waals surface area contributed by atoms with Crippen LogP contribution in [0.2, 0.25) is 5.02 Å². The Balaban J connectivity index is 1.66. The first-order valence-electron chi connectivity index (χ1n) is 8.30. The summed E-state index contributed by atoms with van der Waals surface area (Å²) in [5, 5.41) is 0.821. The standard InChI is InChI=1S/C18H25ClN2O2/c1-18(2,3)23-17(22)20-11-14-8-9-15(12-20)21(14)10-13-6-4-5-7-16(13)19/h4-7,14-15H,8-12H2,1-3H3. The number of amides is 1. The minimum Gasteiger partial charge on any atom is -0.444 e. The van der Waals surface area contributed by atoms with Crippen molar-refractivity contribution in [1.29, 1.82) is 0 Å². The van der Waals surface area contributed by atoms with Gasteiger partial charge in [0.25, 0.3) is 0 Å². The van der Waals surface area contributed by atoms with Gasteiger partial charge in [-0.05, 0) is 45.2 Å². The Labute approximate surface area is 143 Å². The molecular weight excluding hydrogens is 312 g/mol. The molecule has 0 spiro atoms. The number of likely N-dealkylation sites (tertiary alicyclic amines) is 1. The molecule has 2 unspecified atom stereocenters. The number of nitrogens with zero attached hydrogens (tertiary/aromatic N) is 2. The summed E-state index contributed by atoms with van der Waals surface area (Å²) in [5.74, 6) is 0. The maximum atomic E-state index is 12.3. The van der Waals surface area contributed by atoms with Gasteiger partial charge in [0.2, 0.25) is 0 Å². The molecule has 2 heterocycles. The lowest BCUT2D eigenvalue weighted by Gasteiger charge is -2.41. The van der Waals surface area contributed by atoms with Gasteiger partial charge in [-0.15, -0.1) is 0 Å². The number of piperazine rings is 1. The Hall–Kier alpha value is -1.26. The molecule has 2 fully saturated rings. The quantitative estimate of drug-likeness (QED) is 0.820. The van der Waals surface area contributed by atoms with E-state index in [9.17, 15) is 4.79 Å². The predicted molar refractivity (Wildman–Crippen MR) is 91.6 cm³/mol. The highest BCUT2D eigenvalue weighted by molar-refractivity contribution is 6.31. The van der Waals surface area contributed by atoms with Crippen molar-refractivity contribution in [3.8, 4) is 0 Å². The molecule has 0 aromatic heterocycles. The molecule has 2 saturated heterocycles. The number of benzene rings is 1. The largest absolute Gasteiger partial charge is 0.444 e. The number of rotatable bonds is 2. The Bertz CT molecular complexity index is 571. The number of fused-ring (bicyclic) bond motifs is 2. The summed E-state index contributed by atoms with van der Waals surface area (Å²) < 4.78 is 5.52. The van der Waals surface area contributed by atoms with E-state index >= 15 is 0 Å². The monoisotopic (exact) mass is 336 g/mol. The fraction of sp³-hybridized carbons (Fsp3) is 0.611. The zero-order valence-corrected chi connectivity index (χ0v) is 14.8. The van der Waals surface area contributed by atoms with Crippen molar-refractivity contribution < 1.29 is 9.53 Å². The van der Waals surface area contributed by atoms with Gasteiger partial charge in [0.15, 0.2) is 0 Å². The minimum atomic E-state index is -0.440. The summed E-state index contributed by atoms with van der Waals surface area (Å²) in [7, 11) is 0. The smallest absolute Gasteiger partial charge is 0.410 e. The van der Waals surface area contributed by atoms with Crippen LogP contribution in [0, 0.1) is 0 Å². The van der Waals surface area contributed by atoms with Crippen LogP contribution in [0.4, 0.5) is 4.79 Å². The molecule has 4 nitrogen and oxygen atoms in total. The molecule has 3 rings (SSSR count). The summed E-state index contributed by atoms with van der Waals surface area (Å²) in [4.78, 5) is 16.7. The normalized spacial score (nSPS) is 24.8. The van der Waals surface area contributed by atoms with Crippen molar-refractivity contribution in [3.05, 3.63) is 34.9 Å². The molecule has 1 aromatic carbocycles. The molecular formula is C18H25ClN2O2. The van der Waals surface area contributed by atoms with Gasteiger partial charge in [0, 0.05) is 36.7 Å². The molecule has 23 heavy (non-hydrogen) atoms. The average molecular weight is 337 g/mol. The van der Waals surface area contributed by atoms with E-state index in [2.05, 4.69) is 11.0 Å². The van der Waals surface area contributed by atoms with Gasteiger partial charge in [-0.2, -0.15) is 0 Å². The second-order valence-corrected chi connectivity index (χ2v) is 7.94. The van der Waals surface area contributed by atoms with Crippen LogP contribution in [-0.2, 0) is 11.3 Å². The van der Waals surface area contributed by atoms with Crippen molar-refractivity contribution in [2.24, 2.45) is 0 Å². The number of carbonyl (C=O) groups is 1. The number of hydrogen-bond acceptors (Lipinski definition) is 3. The summed E-state index contributed by atoms with van der Waals surface area (Å²) in [6.07, 6.45) is 2.08. The molecule has 1 aromatic rings. The zero-order valence-electron chi connectivity index (χ0n) is 14.1. The van der Waals surface area contributed by atoms with Crippen molar-refractivity contribution in [1.82, 2.24) is 9.80 Å². The maximum Gasteiger partial charge on any atom is 0.410 e. The van der Waals surface area contributed by atoms with Crippen LogP contribution < -0.4 is 0 Å². The highest BCUT2D eigenvalue weighted by Crippen LogP contribution is 2.33. The number of ether oxygens (including phenoxy) is 1. The molecule has 2 aliphatic rings. The van der Waals surface area contributed by atoms with Gasteiger partial charge in [0.05, 0.1) is 0 Å². The predicted octanol–water partition coefficient (Wildman–Crippen LogP) is 3.92. The second-order valence-electron chi connectivity index (χ2n) is 7.53. The molecule has 0 N–H and O–H groups in total. The fourth-order valence-electron chi connectivity index (χ4n) is 3.55. The van der Waals surface area contributed by atoms with Gasteiger partial charge in [0.1, 0.15) is 5.60 Å². The van der Waals surface area contributed by atoms with Crippen molar-refractivity contribution in [2.75, 3.05) is 13.1 Å². The summed E-state index contributed by atoms with van der Waals surface area (Å²) in [6.45, 7) is 8.08. The van der Waals surface area contributed by atoms with Crippen LogP contribution in [0.1, 0.15) is 39.2 Å². The number of carbonyl (C=O) groups excluding carboxylic acids is 1. The molecule has 1 amide bonds. The molecule has 0 saturated carbocycles. The minimum absolute atomic E-state index is 0.188. The Kier molecular flexibility index (Phi) is 4.56. The van der Waals surface area contributed by atoms with Crippen LogP contribution >= 0.6 is 11.6 Å². The molecule has 126 valence electrons. The fourth-order valence-corrected chi connectivity index (χ4v) is 3.74. The van der Waals surface area contributed by atoms with Crippen LogP contribution in [0.25, 0.3) is 0 Å². The molecule has 5 heteroatoms. The van der Waals surface area contributed by atoms with Crippen LogP contribution in [-0.4, -0.2) is 46.7 Å². The van der Waals surface area contributed by atoms with Crippen molar-refractivity contribution in [3.63, 3.8) is 0 Å². The van der Waals surface area contributed by atoms with E-state index in [1.54, 1.807) is 0 Å². The third-order valence-electron chi connectivity index (χ3n) is 4.60. The van der Waals surface area contributed by atoms with Crippen LogP contribution in [0.5, 0.6) is 0 Å². The summed E-state index contributed by atoms with van der Waals surface area (Å²) in [5.41, 5.74) is 0.724. The van der Waals surface area contributed by atoms with E-state index in [0.717, 1.165) is 43.1 Å². The first kappa shape index (κ1) is 16.6. The number of hydrogen-bond donors (Lipinski definition) is 0. The van der Waals surface area contributed by atoms with Crippen LogP contribution in [0.3, 0.4) is 0 Å². The van der Waals surface area contributed by atoms with Gasteiger partial charge in [-0.25, -0.2) is 4.79 Å². The Morgan fingerprint density at radius 2 is 1.83 bits per heavy atom. The lowest BCUT2D eigenvalue weighted by molar-refractivity contribution is -0.000113. The van der Waals surface area contributed by atoms with E-state index in [1.807, 2.05) is 43.9 Å². The van der Waals surface area contributed by atoms with Gasteiger partial charge < -0.3 is 9.64 Å². The zero-order chi connectivity index (χ0) is 16.6. The lowest BCUT2D eigenvalue weighted by atomic mass is 10.1. The van der Waals surface area contributed by atoms with Crippen molar-refractivity contribution >= 4 is 17.7 Å². The first-order valence-corrected chi connectivity index (χ1v) is 8.68. The molecule has 0 radical (unpaired) electrons. The van der Waals surface area contributed by atoms with Gasteiger partial charge in [-0.1, -0.05) is 29.8 Å². The van der Waals surface area contributed by atoms with E-state index < -0.39 is 5.60 Å².